The van der Waals surface area contributed by atoms with E-state index in [1.54, 1.807) is 24.4 Å². The summed E-state index contributed by atoms with van der Waals surface area (Å²) in [4.78, 5) is 26.2. The summed E-state index contributed by atoms with van der Waals surface area (Å²) in [6, 6.07) is 5.26. The number of aromatic nitrogens is 4. The van der Waals surface area contributed by atoms with Crippen LogP contribution in [-0.2, 0) is 11.2 Å². The lowest BCUT2D eigenvalue weighted by atomic mass is 10.1. The molecule has 0 amide bonds. The highest BCUT2D eigenvalue weighted by Gasteiger charge is 2.20. The van der Waals surface area contributed by atoms with Crippen LogP contribution in [-0.4, -0.2) is 37.4 Å². The van der Waals surface area contributed by atoms with Gasteiger partial charge in [-0.3, -0.25) is 9.36 Å². The standard InChI is InChI=1S/C19H16N4O3S/c1-11-14-9-15(12-7-8-16(26-2)20-10-12)18(24)23(13-5-4-6-13)17(14)22-19(21-11)27(3)25/h4-10H,1-3H3. The topological polar surface area (TPSA) is 93.0 Å². The van der Waals surface area contributed by atoms with Gasteiger partial charge in [-0.1, -0.05) is 6.08 Å². The highest BCUT2D eigenvalue weighted by Crippen LogP contribution is 2.26. The lowest BCUT2D eigenvalue weighted by molar-refractivity contribution is 0.398. The van der Waals surface area contributed by atoms with Crippen molar-refractivity contribution in [3.8, 4) is 17.0 Å². The molecule has 0 aliphatic heterocycles. The van der Waals surface area contributed by atoms with Gasteiger partial charge in [-0.05, 0) is 31.2 Å². The monoisotopic (exact) mass is 380 g/mol. The molecule has 3 heterocycles. The maximum absolute atomic E-state index is 13.3. The van der Waals surface area contributed by atoms with E-state index >= 15 is 0 Å². The molecule has 0 aromatic carbocycles. The summed E-state index contributed by atoms with van der Waals surface area (Å²) in [5.41, 5.74) is 2.75. The van der Waals surface area contributed by atoms with Crippen molar-refractivity contribution >= 4 is 27.9 Å². The molecule has 3 aromatic rings. The molecule has 4 rings (SSSR count). The molecule has 0 fully saturated rings. The van der Waals surface area contributed by atoms with E-state index < -0.39 is 11.2 Å². The van der Waals surface area contributed by atoms with Crippen LogP contribution in [0.15, 0.2) is 52.6 Å². The predicted octanol–water partition coefficient (Wildman–Crippen LogP) is 2.32. The van der Waals surface area contributed by atoms with E-state index in [9.17, 15) is 9.35 Å². The first-order valence-corrected chi connectivity index (χ1v) is 9.72. The molecule has 1 atom stereocenters. The average molecular weight is 380 g/mol. The molecular weight excluding hydrogens is 364 g/mol. The van der Waals surface area contributed by atoms with Crippen molar-refractivity contribution in [3.63, 3.8) is 0 Å². The largest absolute Gasteiger partial charge is 0.609 e. The SMILES string of the molecule is COc1ccc(-c2cc3c(C)nc([S+](C)[O-])nc3n(C3=CC=C3)c2=O)cn1. The van der Waals surface area contributed by atoms with E-state index in [4.69, 9.17) is 4.74 Å². The molecule has 3 aromatic heterocycles. The first kappa shape index (κ1) is 17.4. The van der Waals surface area contributed by atoms with Crippen molar-refractivity contribution in [2.75, 3.05) is 13.4 Å². The summed E-state index contributed by atoms with van der Waals surface area (Å²) in [6.07, 6.45) is 8.63. The number of methoxy groups -OCH3 is 1. The van der Waals surface area contributed by atoms with Crippen molar-refractivity contribution in [2.24, 2.45) is 0 Å². The molecule has 0 saturated carbocycles. The minimum atomic E-state index is -1.35. The van der Waals surface area contributed by atoms with Crippen LogP contribution in [0, 0.1) is 6.92 Å². The molecule has 0 spiro atoms. The zero-order chi connectivity index (χ0) is 19.1. The second-order valence-electron chi connectivity index (χ2n) is 6.02. The van der Waals surface area contributed by atoms with Crippen molar-refractivity contribution in [1.29, 1.82) is 0 Å². The van der Waals surface area contributed by atoms with E-state index in [0.29, 0.717) is 28.3 Å². The number of hydrogen-bond donors (Lipinski definition) is 0. The fraction of sp³-hybridized carbons (Fsp3) is 0.158. The van der Waals surface area contributed by atoms with Gasteiger partial charge in [-0.25, -0.2) is 4.98 Å². The van der Waals surface area contributed by atoms with Crippen LogP contribution < -0.4 is 10.3 Å². The van der Waals surface area contributed by atoms with E-state index in [1.807, 2.05) is 25.2 Å². The normalized spacial score (nSPS) is 14.0. The second kappa shape index (κ2) is 6.64. The molecule has 1 aliphatic rings. The molecule has 1 unspecified atom stereocenters. The van der Waals surface area contributed by atoms with E-state index in [0.717, 1.165) is 11.1 Å². The third-order valence-electron chi connectivity index (χ3n) is 4.34. The summed E-state index contributed by atoms with van der Waals surface area (Å²) < 4.78 is 18.5. The number of ether oxygens (including phenoxy) is 1. The third-order valence-corrected chi connectivity index (χ3v) is 5.03. The molecule has 27 heavy (non-hydrogen) atoms. The summed E-state index contributed by atoms with van der Waals surface area (Å²) in [5.74, 6) is 0.471. The minimum Gasteiger partial charge on any atom is -0.609 e. The molecule has 0 bridgehead atoms. The Morgan fingerprint density at radius 3 is 2.59 bits per heavy atom. The fourth-order valence-corrected chi connectivity index (χ4v) is 3.35. The molecule has 0 N–H and O–H groups in total. The number of pyridine rings is 2. The number of nitrogens with zero attached hydrogens (tertiary/aromatic N) is 4. The van der Waals surface area contributed by atoms with Gasteiger partial charge in [-0.2, -0.15) is 9.97 Å². The zero-order valence-corrected chi connectivity index (χ0v) is 15.8. The summed E-state index contributed by atoms with van der Waals surface area (Å²) >= 11 is -1.35. The average Bonchev–Trinajstić information content (AvgIpc) is 2.62. The highest BCUT2D eigenvalue weighted by molar-refractivity contribution is 7.90. The Labute approximate surface area is 158 Å². The first-order valence-electron chi connectivity index (χ1n) is 8.16. The maximum Gasteiger partial charge on any atom is 0.344 e. The van der Waals surface area contributed by atoms with Crippen LogP contribution in [0.1, 0.15) is 5.69 Å². The molecule has 8 heteroatoms. The van der Waals surface area contributed by atoms with E-state index in [2.05, 4.69) is 15.0 Å². The van der Waals surface area contributed by atoms with Crippen LogP contribution in [0.25, 0.3) is 27.9 Å². The summed E-state index contributed by atoms with van der Waals surface area (Å²) in [6.45, 7) is 1.82. The fourth-order valence-electron chi connectivity index (χ4n) is 2.87. The van der Waals surface area contributed by atoms with Gasteiger partial charge in [0.1, 0.15) is 6.26 Å². The molecule has 1 aliphatic carbocycles. The van der Waals surface area contributed by atoms with Gasteiger partial charge in [0.15, 0.2) is 5.65 Å². The zero-order valence-electron chi connectivity index (χ0n) is 15.0. The van der Waals surface area contributed by atoms with Gasteiger partial charge in [0.05, 0.1) is 18.5 Å². The lowest BCUT2D eigenvalue weighted by Crippen LogP contribution is -2.24. The molecule has 7 nitrogen and oxygen atoms in total. The van der Waals surface area contributed by atoms with Gasteiger partial charge in [0.25, 0.3) is 5.56 Å². The Hall–Kier alpha value is -2.97. The summed E-state index contributed by atoms with van der Waals surface area (Å²) in [7, 11) is 1.54. The van der Waals surface area contributed by atoms with Crippen LogP contribution >= 0.6 is 0 Å². The van der Waals surface area contributed by atoms with Crippen LogP contribution in [0.3, 0.4) is 0 Å². The molecule has 0 radical (unpaired) electrons. The van der Waals surface area contributed by atoms with E-state index in [1.165, 1.54) is 17.9 Å². The van der Waals surface area contributed by atoms with Crippen LogP contribution in [0.5, 0.6) is 5.88 Å². The number of hydrogen-bond acceptors (Lipinski definition) is 6. The lowest BCUT2D eigenvalue weighted by Gasteiger charge is -2.17. The van der Waals surface area contributed by atoms with Crippen molar-refractivity contribution < 1.29 is 9.29 Å². The number of allylic oxidation sites excluding steroid dienone is 4. The number of fused-ring (bicyclic) bond motifs is 1. The quantitative estimate of drug-likeness (QED) is 0.509. The van der Waals surface area contributed by atoms with Crippen molar-refractivity contribution in [3.05, 3.63) is 58.7 Å². The van der Waals surface area contributed by atoms with Gasteiger partial charge >= 0.3 is 5.16 Å². The van der Waals surface area contributed by atoms with Crippen molar-refractivity contribution in [2.45, 2.75) is 12.1 Å². The molecule has 136 valence electrons. The predicted molar refractivity (Wildman–Crippen MR) is 104 cm³/mol. The van der Waals surface area contributed by atoms with Crippen molar-refractivity contribution in [1.82, 2.24) is 19.5 Å². The Kier molecular flexibility index (Phi) is 4.29. The third kappa shape index (κ3) is 2.92. The number of aryl methyl sites for hydroxylation is 1. The van der Waals surface area contributed by atoms with Gasteiger partial charge in [-0.15, -0.1) is 0 Å². The Morgan fingerprint density at radius 1 is 1.26 bits per heavy atom. The minimum absolute atomic E-state index is 0.205. The Morgan fingerprint density at radius 2 is 2.04 bits per heavy atom. The smallest absolute Gasteiger partial charge is 0.344 e. The van der Waals surface area contributed by atoms with Crippen LogP contribution in [0.4, 0.5) is 0 Å². The number of rotatable bonds is 4. The molecule has 0 saturated heterocycles. The maximum atomic E-state index is 13.3. The van der Waals surface area contributed by atoms with Gasteiger partial charge < -0.3 is 9.29 Å². The summed E-state index contributed by atoms with van der Waals surface area (Å²) in [5, 5.41) is 0.923. The van der Waals surface area contributed by atoms with Crippen LogP contribution in [0.2, 0.25) is 0 Å². The first-order chi connectivity index (χ1) is 13.0. The van der Waals surface area contributed by atoms with Gasteiger partial charge in [0, 0.05) is 40.0 Å². The van der Waals surface area contributed by atoms with E-state index in [-0.39, 0.29) is 10.7 Å². The van der Waals surface area contributed by atoms with Gasteiger partial charge in [0.2, 0.25) is 5.88 Å². The second-order valence-corrected chi connectivity index (χ2v) is 7.29. The Bertz CT molecular complexity index is 1160. The molecular formula is C19H16N4O3S. The highest BCUT2D eigenvalue weighted by atomic mass is 32.2. The Balaban J connectivity index is 2.04.